The molecular formula is C18H10BrIN2O2S. The second-order valence-corrected chi connectivity index (χ2v) is 8.29. The zero-order valence-corrected chi connectivity index (χ0v) is 17.2. The molecule has 0 spiro atoms. The predicted molar refractivity (Wildman–Crippen MR) is 112 cm³/mol. The van der Waals surface area contributed by atoms with Crippen LogP contribution in [0.5, 0.6) is 0 Å². The van der Waals surface area contributed by atoms with Crippen LogP contribution >= 0.6 is 49.9 Å². The minimum absolute atomic E-state index is 0.251. The van der Waals surface area contributed by atoms with Crippen LogP contribution in [0.15, 0.2) is 63.7 Å². The van der Waals surface area contributed by atoms with E-state index in [4.69, 9.17) is 9.40 Å². The normalized spacial score (nSPS) is 11.0. The summed E-state index contributed by atoms with van der Waals surface area (Å²) in [6, 6.07) is 17.2. The van der Waals surface area contributed by atoms with Gasteiger partial charge in [-0.2, -0.15) is 0 Å². The molecule has 0 saturated carbocycles. The maximum absolute atomic E-state index is 12.4. The van der Waals surface area contributed by atoms with Gasteiger partial charge >= 0.3 is 0 Å². The largest absolute Gasteiger partial charge is 0.444 e. The second-order valence-electron chi connectivity index (χ2n) is 5.23. The molecule has 0 aliphatic rings. The van der Waals surface area contributed by atoms with Crippen LogP contribution in [0.1, 0.15) is 10.6 Å². The molecule has 124 valence electrons. The van der Waals surface area contributed by atoms with Crippen LogP contribution in [0.3, 0.4) is 0 Å². The standard InChI is InChI=1S/C18H10BrIN2O2S/c19-16-8-7-14(24-16)17(23)21-12-6-5-10(20)9-11(12)18-22-13-3-1-2-4-15(13)25-18/h1-9H,(H,21,23). The van der Waals surface area contributed by atoms with Crippen LogP contribution in [0.2, 0.25) is 0 Å². The van der Waals surface area contributed by atoms with Crippen LogP contribution in [-0.2, 0) is 0 Å². The summed E-state index contributed by atoms with van der Waals surface area (Å²) in [5.41, 5.74) is 2.55. The summed E-state index contributed by atoms with van der Waals surface area (Å²) in [5, 5.41) is 3.79. The number of nitrogens with one attached hydrogen (secondary N) is 1. The predicted octanol–water partition coefficient (Wildman–Crippen LogP) is 6.18. The second kappa shape index (κ2) is 6.89. The molecule has 0 saturated heterocycles. The van der Waals surface area contributed by atoms with Gasteiger partial charge in [0.15, 0.2) is 10.4 Å². The zero-order valence-electron chi connectivity index (χ0n) is 12.6. The first-order chi connectivity index (χ1) is 12.1. The summed E-state index contributed by atoms with van der Waals surface area (Å²) in [5.74, 6) is -0.0463. The van der Waals surface area contributed by atoms with Crippen molar-refractivity contribution in [1.82, 2.24) is 4.98 Å². The van der Waals surface area contributed by atoms with Crippen LogP contribution < -0.4 is 5.32 Å². The monoisotopic (exact) mass is 524 g/mol. The van der Waals surface area contributed by atoms with E-state index >= 15 is 0 Å². The Kier molecular flexibility index (Phi) is 4.61. The molecule has 0 aliphatic heterocycles. The summed E-state index contributed by atoms with van der Waals surface area (Å²) in [4.78, 5) is 17.1. The van der Waals surface area contributed by atoms with Crippen LogP contribution in [-0.4, -0.2) is 10.9 Å². The highest BCUT2D eigenvalue weighted by atomic mass is 127. The van der Waals surface area contributed by atoms with Crippen molar-refractivity contribution in [3.8, 4) is 10.6 Å². The fourth-order valence-electron chi connectivity index (χ4n) is 2.41. The molecule has 0 aliphatic carbocycles. The first-order valence-electron chi connectivity index (χ1n) is 7.32. The van der Waals surface area contributed by atoms with Gasteiger partial charge in [-0.15, -0.1) is 11.3 Å². The lowest BCUT2D eigenvalue weighted by molar-refractivity contribution is 0.0995. The van der Waals surface area contributed by atoms with Gasteiger partial charge in [-0.05, 0) is 81.0 Å². The number of anilines is 1. The molecule has 4 aromatic rings. The summed E-state index contributed by atoms with van der Waals surface area (Å²) in [7, 11) is 0. The van der Waals surface area contributed by atoms with Crippen LogP contribution in [0, 0.1) is 3.57 Å². The number of aromatic nitrogens is 1. The number of amides is 1. The first-order valence-corrected chi connectivity index (χ1v) is 10.0. The van der Waals surface area contributed by atoms with Crippen molar-refractivity contribution in [3.63, 3.8) is 0 Å². The van der Waals surface area contributed by atoms with E-state index in [1.54, 1.807) is 23.5 Å². The summed E-state index contributed by atoms with van der Waals surface area (Å²) < 4.78 is 8.03. The minimum atomic E-state index is -0.297. The fourth-order valence-corrected chi connectivity index (χ4v) is 4.20. The summed E-state index contributed by atoms with van der Waals surface area (Å²) in [6.07, 6.45) is 0. The van der Waals surface area contributed by atoms with Crippen molar-refractivity contribution in [2.45, 2.75) is 0 Å². The van der Waals surface area contributed by atoms with Gasteiger partial charge in [0.2, 0.25) is 0 Å². The lowest BCUT2D eigenvalue weighted by Gasteiger charge is -2.09. The van der Waals surface area contributed by atoms with E-state index in [0.717, 1.165) is 24.4 Å². The van der Waals surface area contributed by atoms with Gasteiger partial charge in [0.25, 0.3) is 5.91 Å². The number of hydrogen-bond acceptors (Lipinski definition) is 4. The topological polar surface area (TPSA) is 55.1 Å². The van der Waals surface area contributed by atoms with E-state index in [9.17, 15) is 4.79 Å². The molecule has 1 amide bonds. The smallest absolute Gasteiger partial charge is 0.291 e. The van der Waals surface area contributed by atoms with Gasteiger partial charge < -0.3 is 9.73 Å². The van der Waals surface area contributed by atoms with Gasteiger partial charge in [-0.25, -0.2) is 4.98 Å². The Morgan fingerprint density at radius 2 is 2.00 bits per heavy atom. The van der Waals surface area contributed by atoms with E-state index in [-0.39, 0.29) is 11.7 Å². The van der Waals surface area contributed by atoms with E-state index in [1.165, 1.54) is 0 Å². The van der Waals surface area contributed by atoms with E-state index in [0.29, 0.717) is 10.4 Å². The molecule has 7 heteroatoms. The van der Waals surface area contributed by atoms with Crippen molar-refractivity contribution in [3.05, 3.63) is 68.6 Å². The highest BCUT2D eigenvalue weighted by molar-refractivity contribution is 14.1. The maximum Gasteiger partial charge on any atom is 0.291 e. The number of carbonyl (C=O) groups excluding carboxylic acids is 1. The number of nitrogens with zero attached hydrogens (tertiary/aromatic N) is 1. The number of furan rings is 1. The van der Waals surface area contributed by atoms with Crippen molar-refractivity contribution >= 4 is 71.7 Å². The molecule has 0 fully saturated rings. The van der Waals surface area contributed by atoms with Gasteiger partial charge in [0.05, 0.1) is 15.9 Å². The number of halogens is 2. The fraction of sp³-hybridized carbons (Fsp3) is 0. The summed E-state index contributed by atoms with van der Waals surface area (Å²) in [6.45, 7) is 0. The molecule has 0 radical (unpaired) electrons. The molecule has 2 aromatic carbocycles. The van der Waals surface area contributed by atoms with Gasteiger partial charge in [-0.3, -0.25) is 4.79 Å². The Labute approximate surface area is 169 Å². The quantitative estimate of drug-likeness (QED) is 0.326. The molecule has 0 bridgehead atoms. The number of thiazole rings is 1. The Bertz CT molecular complexity index is 1060. The number of hydrogen-bond donors (Lipinski definition) is 1. The number of rotatable bonds is 3. The van der Waals surface area contributed by atoms with Crippen molar-refractivity contribution < 1.29 is 9.21 Å². The average Bonchev–Trinajstić information content (AvgIpc) is 3.22. The zero-order chi connectivity index (χ0) is 17.4. The Morgan fingerprint density at radius 3 is 2.76 bits per heavy atom. The third kappa shape index (κ3) is 3.49. The molecule has 0 atom stereocenters. The average molecular weight is 525 g/mol. The molecule has 0 unspecified atom stereocenters. The molecule has 4 rings (SSSR count). The number of benzene rings is 2. The molecular weight excluding hydrogens is 515 g/mol. The van der Waals surface area contributed by atoms with Crippen molar-refractivity contribution in [2.75, 3.05) is 5.32 Å². The van der Waals surface area contributed by atoms with E-state index in [2.05, 4.69) is 43.8 Å². The lowest BCUT2D eigenvalue weighted by Crippen LogP contribution is -2.11. The van der Waals surface area contributed by atoms with Crippen molar-refractivity contribution in [2.24, 2.45) is 0 Å². The minimum Gasteiger partial charge on any atom is -0.444 e. The number of fused-ring (bicyclic) bond motifs is 1. The molecule has 4 nitrogen and oxygen atoms in total. The Hall–Kier alpha value is -1.71. The Balaban J connectivity index is 1.74. The molecule has 1 N–H and O–H groups in total. The number of carbonyl (C=O) groups is 1. The maximum atomic E-state index is 12.4. The molecule has 2 aromatic heterocycles. The van der Waals surface area contributed by atoms with Gasteiger partial charge in [-0.1, -0.05) is 12.1 Å². The Morgan fingerprint density at radius 1 is 1.16 bits per heavy atom. The first kappa shape index (κ1) is 16.7. The van der Waals surface area contributed by atoms with Gasteiger partial charge in [0.1, 0.15) is 5.01 Å². The van der Waals surface area contributed by atoms with E-state index in [1.807, 2.05) is 42.5 Å². The third-order valence-corrected chi connectivity index (χ3v) is 5.72. The SMILES string of the molecule is O=C(Nc1ccc(I)cc1-c1nc2ccccc2s1)c1ccc(Br)o1. The van der Waals surface area contributed by atoms with E-state index < -0.39 is 0 Å². The lowest BCUT2D eigenvalue weighted by atomic mass is 10.2. The molecule has 2 heterocycles. The number of para-hydroxylation sites is 1. The van der Waals surface area contributed by atoms with Crippen LogP contribution in [0.4, 0.5) is 5.69 Å². The highest BCUT2D eigenvalue weighted by Gasteiger charge is 2.16. The van der Waals surface area contributed by atoms with Gasteiger partial charge in [0, 0.05) is 9.13 Å². The third-order valence-electron chi connectivity index (χ3n) is 3.55. The van der Waals surface area contributed by atoms with Crippen molar-refractivity contribution in [1.29, 1.82) is 0 Å². The molecule has 25 heavy (non-hydrogen) atoms. The summed E-state index contributed by atoms with van der Waals surface area (Å²) >= 11 is 7.07. The highest BCUT2D eigenvalue weighted by Crippen LogP contribution is 2.35. The van der Waals surface area contributed by atoms with Crippen LogP contribution in [0.25, 0.3) is 20.8 Å².